The van der Waals surface area contributed by atoms with Gasteiger partial charge in [-0.15, -0.1) is 0 Å². The molecule has 0 spiro atoms. The maximum atomic E-state index is 12.3. The Morgan fingerprint density at radius 3 is 2.59 bits per heavy atom. The van der Waals surface area contributed by atoms with Gasteiger partial charge in [0.15, 0.2) is 11.8 Å². The van der Waals surface area contributed by atoms with Gasteiger partial charge in [0.1, 0.15) is 5.75 Å². The van der Waals surface area contributed by atoms with Crippen molar-refractivity contribution >= 4 is 40.8 Å². The number of amides is 2. The maximum Gasteiger partial charge on any atom is 0.344 e. The van der Waals surface area contributed by atoms with E-state index in [2.05, 4.69) is 10.3 Å². The number of thioether (sulfide) groups is 1. The van der Waals surface area contributed by atoms with Crippen LogP contribution in [0.4, 0.5) is 0 Å². The molecule has 2 aromatic carbocycles. The molecule has 0 aliphatic carbocycles. The Morgan fingerprint density at radius 1 is 1.10 bits per heavy atom. The standard InChI is InChI=1S/C21H18N2O5S/c1-2-27-18(24)13-28-16-11-7-6-10-15(16)12-17-20(26)23-21(29-17)22-19(25)14-8-4-3-5-9-14/h3-12H,2,13H2,1H3,(H,22,23,25,26)/b17-12-. The fraction of sp³-hybridized carbons (Fsp3) is 0.143. The molecule has 1 aliphatic heterocycles. The van der Waals surface area contributed by atoms with E-state index in [1.54, 1.807) is 67.6 Å². The van der Waals surface area contributed by atoms with E-state index >= 15 is 0 Å². The molecular weight excluding hydrogens is 392 g/mol. The third kappa shape index (κ3) is 5.55. The molecule has 1 fully saturated rings. The van der Waals surface area contributed by atoms with Gasteiger partial charge in [0.05, 0.1) is 11.5 Å². The van der Waals surface area contributed by atoms with Crippen molar-refractivity contribution in [2.45, 2.75) is 6.92 Å². The molecule has 7 nitrogen and oxygen atoms in total. The highest BCUT2D eigenvalue weighted by molar-refractivity contribution is 8.18. The molecule has 148 valence electrons. The molecule has 0 saturated carbocycles. The Kier molecular flexibility index (Phi) is 6.80. The summed E-state index contributed by atoms with van der Waals surface area (Å²) in [6, 6.07) is 15.6. The summed E-state index contributed by atoms with van der Waals surface area (Å²) in [4.78, 5) is 40.3. The van der Waals surface area contributed by atoms with Crippen LogP contribution in [0.2, 0.25) is 0 Å². The van der Waals surface area contributed by atoms with Crippen LogP contribution in [-0.2, 0) is 14.3 Å². The highest BCUT2D eigenvalue weighted by Crippen LogP contribution is 2.29. The third-order valence-electron chi connectivity index (χ3n) is 3.73. The number of nitrogens with zero attached hydrogens (tertiary/aromatic N) is 1. The molecule has 0 radical (unpaired) electrons. The van der Waals surface area contributed by atoms with Crippen LogP contribution in [0.25, 0.3) is 6.08 Å². The first kappa shape index (κ1) is 20.3. The largest absolute Gasteiger partial charge is 0.481 e. The number of hydrogen-bond acceptors (Lipinski definition) is 6. The monoisotopic (exact) mass is 410 g/mol. The predicted octanol–water partition coefficient (Wildman–Crippen LogP) is 3.03. The summed E-state index contributed by atoms with van der Waals surface area (Å²) in [5, 5.41) is 2.79. The summed E-state index contributed by atoms with van der Waals surface area (Å²) >= 11 is 1.06. The lowest BCUT2D eigenvalue weighted by atomic mass is 10.2. The summed E-state index contributed by atoms with van der Waals surface area (Å²) in [6.45, 7) is 1.76. The number of carbonyl (C=O) groups is 3. The van der Waals surface area contributed by atoms with E-state index in [1.165, 1.54) is 0 Å². The number of benzene rings is 2. The number of aliphatic imine (C=N–C) groups is 1. The first-order chi connectivity index (χ1) is 14.1. The number of carbonyl (C=O) groups excluding carboxylic acids is 3. The van der Waals surface area contributed by atoms with Crippen LogP contribution in [0.1, 0.15) is 22.8 Å². The molecular formula is C21H18N2O5S. The molecule has 29 heavy (non-hydrogen) atoms. The number of nitrogens with one attached hydrogen (secondary N) is 1. The van der Waals surface area contributed by atoms with Crippen molar-refractivity contribution in [1.82, 2.24) is 5.32 Å². The van der Waals surface area contributed by atoms with Crippen LogP contribution >= 0.6 is 11.8 Å². The van der Waals surface area contributed by atoms with Crippen LogP contribution in [0.5, 0.6) is 5.75 Å². The smallest absolute Gasteiger partial charge is 0.344 e. The van der Waals surface area contributed by atoms with Gasteiger partial charge in [0, 0.05) is 11.1 Å². The average Bonchev–Trinajstić information content (AvgIpc) is 3.07. The second-order valence-electron chi connectivity index (χ2n) is 5.78. The van der Waals surface area contributed by atoms with Gasteiger partial charge in [0.25, 0.3) is 11.8 Å². The minimum absolute atomic E-state index is 0.208. The molecule has 0 atom stereocenters. The van der Waals surface area contributed by atoms with Crippen molar-refractivity contribution in [2.24, 2.45) is 4.99 Å². The molecule has 1 saturated heterocycles. The molecule has 2 aromatic rings. The van der Waals surface area contributed by atoms with E-state index in [4.69, 9.17) is 9.47 Å². The molecule has 0 unspecified atom stereocenters. The first-order valence-corrected chi connectivity index (χ1v) is 9.65. The second kappa shape index (κ2) is 9.70. The van der Waals surface area contributed by atoms with Crippen LogP contribution in [0.3, 0.4) is 0 Å². The lowest BCUT2D eigenvalue weighted by Gasteiger charge is -2.08. The van der Waals surface area contributed by atoms with E-state index in [9.17, 15) is 14.4 Å². The summed E-state index contributed by atoms with van der Waals surface area (Å²) in [6.07, 6.45) is 1.62. The SMILES string of the molecule is CCOC(=O)COc1ccccc1/C=C1\SC(=NC(=O)c2ccccc2)NC1=O. The molecule has 2 amide bonds. The Hall–Kier alpha value is -3.39. The van der Waals surface area contributed by atoms with Crippen LogP contribution in [0, 0.1) is 0 Å². The fourth-order valence-corrected chi connectivity index (χ4v) is 3.24. The minimum atomic E-state index is -0.475. The minimum Gasteiger partial charge on any atom is -0.481 e. The molecule has 1 aliphatic rings. The summed E-state index contributed by atoms with van der Waals surface area (Å²) in [5.74, 6) is -0.841. The van der Waals surface area contributed by atoms with Gasteiger partial charge in [-0.25, -0.2) is 4.79 Å². The summed E-state index contributed by atoms with van der Waals surface area (Å²) < 4.78 is 10.3. The lowest BCUT2D eigenvalue weighted by Crippen LogP contribution is -2.20. The maximum absolute atomic E-state index is 12.3. The molecule has 3 rings (SSSR count). The van der Waals surface area contributed by atoms with Gasteiger partial charge in [-0.05, 0) is 43.0 Å². The van der Waals surface area contributed by atoms with E-state index < -0.39 is 11.9 Å². The molecule has 0 aromatic heterocycles. The highest BCUT2D eigenvalue weighted by Gasteiger charge is 2.25. The predicted molar refractivity (Wildman–Crippen MR) is 110 cm³/mol. The summed E-state index contributed by atoms with van der Waals surface area (Å²) in [5.41, 5.74) is 1.05. The second-order valence-corrected chi connectivity index (χ2v) is 6.82. The fourth-order valence-electron chi connectivity index (χ4n) is 2.43. The zero-order valence-electron chi connectivity index (χ0n) is 15.6. The zero-order chi connectivity index (χ0) is 20.6. The van der Waals surface area contributed by atoms with Crippen molar-refractivity contribution in [3.63, 3.8) is 0 Å². The highest BCUT2D eigenvalue weighted by atomic mass is 32.2. The topological polar surface area (TPSA) is 94.1 Å². The van der Waals surface area contributed by atoms with Crippen molar-refractivity contribution in [1.29, 1.82) is 0 Å². The number of rotatable bonds is 6. The molecule has 1 heterocycles. The van der Waals surface area contributed by atoms with Crippen molar-refractivity contribution in [3.8, 4) is 5.75 Å². The van der Waals surface area contributed by atoms with Crippen LogP contribution in [-0.4, -0.2) is 36.2 Å². The van der Waals surface area contributed by atoms with Gasteiger partial charge in [-0.2, -0.15) is 4.99 Å². The van der Waals surface area contributed by atoms with Crippen LogP contribution in [0.15, 0.2) is 64.5 Å². The number of amidine groups is 1. The van der Waals surface area contributed by atoms with Crippen molar-refractivity contribution in [3.05, 3.63) is 70.6 Å². The van der Waals surface area contributed by atoms with Gasteiger partial charge < -0.3 is 14.8 Å². The Balaban J connectivity index is 1.74. The average molecular weight is 410 g/mol. The van der Waals surface area contributed by atoms with Crippen molar-refractivity contribution in [2.75, 3.05) is 13.2 Å². The van der Waals surface area contributed by atoms with E-state index in [0.29, 0.717) is 21.8 Å². The normalized spacial score (nSPS) is 16.0. The van der Waals surface area contributed by atoms with Crippen molar-refractivity contribution < 1.29 is 23.9 Å². The molecule has 0 bridgehead atoms. The first-order valence-electron chi connectivity index (χ1n) is 8.83. The third-order valence-corrected chi connectivity index (χ3v) is 4.64. The van der Waals surface area contributed by atoms with E-state index in [1.807, 2.05) is 0 Å². The molecule has 8 heteroatoms. The Labute approximate surface area is 171 Å². The number of para-hydroxylation sites is 1. The quantitative estimate of drug-likeness (QED) is 0.581. The zero-order valence-corrected chi connectivity index (χ0v) is 16.4. The van der Waals surface area contributed by atoms with Gasteiger partial charge in [-0.1, -0.05) is 36.4 Å². The number of esters is 1. The van der Waals surface area contributed by atoms with Gasteiger partial charge in [0.2, 0.25) is 0 Å². The van der Waals surface area contributed by atoms with Crippen LogP contribution < -0.4 is 10.1 Å². The number of ether oxygens (including phenoxy) is 2. The Morgan fingerprint density at radius 2 is 1.83 bits per heavy atom. The summed E-state index contributed by atoms with van der Waals surface area (Å²) in [7, 11) is 0. The molecule has 1 N–H and O–H groups in total. The van der Waals surface area contributed by atoms with Gasteiger partial charge in [-0.3, -0.25) is 9.59 Å². The van der Waals surface area contributed by atoms with Gasteiger partial charge >= 0.3 is 5.97 Å². The number of hydrogen-bond donors (Lipinski definition) is 1. The van der Waals surface area contributed by atoms with E-state index in [-0.39, 0.29) is 24.3 Å². The van der Waals surface area contributed by atoms with E-state index in [0.717, 1.165) is 11.8 Å². The lowest BCUT2D eigenvalue weighted by molar-refractivity contribution is -0.145. The Bertz CT molecular complexity index is 986.